The molecule has 0 atom stereocenters. The minimum absolute atomic E-state index is 0.131. The molecule has 18 heavy (non-hydrogen) atoms. The van der Waals surface area contributed by atoms with Gasteiger partial charge in [-0.3, -0.25) is 9.48 Å². The third-order valence-corrected chi connectivity index (χ3v) is 3.86. The molecule has 3 rings (SSSR count). The third-order valence-electron chi connectivity index (χ3n) is 2.89. The van der Waals surface area contributed by atoms with Crippen LogP contribution < -0.4 is 0 Å². The first-order valence-electron chi connectivity index (χ1n) is 5.72. The van der Waals surface area contributed by atoms with Crippen LogP contribution in [0.3, 0.4) is 0 Å². The summed E-state index contributed by atoms with van der Waals surface area (Å²) in [5, 5.41) is 7.23. The number of aryl methyl sites for hydroxylation is 1. The summed E-state index contributed by atoms with van der Waals surface area (Å²) in [6.45, 7) is 0. The number of carbonyl (C=O) groups excluding carboxylic acids is 1. The van der Waals surface area contributed by atoms with Crippen LogP contribution >= 0.6 is 11.3 Å². The van der Waals surface area contributed by atoms with Gasteiger partial charge < -0.3 is 0 Å². The standard InChI is InChI=1S/C14H12N2OS/c1-16-7-6-10(15-16)8-13(17)12-9-18-14-5-3-2-4-11(12)14/h2-7,9H,8H2,1H3. The predicted octanol–water partition coefficient (Wildman–Crippen LogP) is 3.06. The van der Waals surface area contributed by atoms with Gasteiger partial charge in [-0.15, -0.1) is 11.3 Å². The number of carbonyl (C=O) groups is 1. The summed E-state index contributed by atoms with van der Waals surface area (Å²) in [6.07, 6.45) is 2.22. The number of benzene rings is 1. The first-order valence-corrected chi connectivity index (χ1v) is 6.60. The fourth-order valence-corrected chi connectivity index (χ4v) is 2.98. The van der Waals surface area contributed by atoms with E-state index < -0.39 is 0 Å². The van der Waals surface area contributed by atoms with Gasteiger partial charge in [0.05, 0.1) is 12.1 Å². The van der Waals surface area contributed by atoms with E-state index in [1.54, 1.807) is 16.0 Å². The summed E-state index contributed by atoms with van der Waals surface area (Å²) in [4.78, 5) is 12.3. The van der Waals surface area contributed by atoms with Crippen LogP contribution in [0.2, 0.25) is 0 Å². The minimum Gasteiger partial charge on any atom is -0.294 e. The molecule has 0 unspecified atom stereocenters. The Kier molecular flexibility index (Phi) is 2.72. The Morgan fingerprint density at radius 1 is 1.33 bits per heavy atom. The molecule has 0 fully saturated rings. The summed E-state index contributed by atoms with van der Waals surface area (Å²) in [5.74, 6) is 0.131. The topological polar surface area (TPSA) is 34.9 Å². The van der Waals surface area contributed by atoms with Crippen molar-refractivity contribution in [2.24, 2.45) is 7.05 Å². The summed E-state index contributed by atoms with van der Waals surface area (Å²) in [5.41, 5.74) is 1.62. The maximum absolute atomic E-state index is 12.3. The largest absolute Gasteiger partial charge is 0.294 e. The van der Waals surface area contributed by atoms with E-state index in [4.69, 9.17) is 0 Å². The molecule has 0 aliphatic carbocycles. The molecule has 0 aliphatic heterocycles. The number of rotatable bonds is 3. The molecule has 4 heteroatoms. The zero-order chi connectivity index (χ0) is 12.5. The lowest BCUT2D eigenvalue weighted by Crippen LogP contribution is -2.03. The molecule has 0 saturated heterocycles. The van der Waals surface area contributed by atoms with Crippen molar-refractivity contribution in [1.82, 2.24) is 9.78 Å². The van der Waals surface area contributed by atoms with E-state index in [1.807, 2.05) is 49.0 Å². The van der Waals surface area contributed by atoms with Crippen LogP contribution in [0.15, 0.2) is 41.9 Å². The molecule has 0 amide bonds. The quantitative estimate of drug-likeness (QED) is 0.675. The molecule has 3 aromatic rings. The van der Waals surface area contributed by atoms with Gasteiger partial charge in [-0.25, -0.2) is 0 Å². The Morgan fingerprint density at radius 2 is 2.17 bits per heavy atom. The molecular weight excluding hydrogens is 244 g/mol. The van der Waals surface area contributed by atoms with E-state index in [0.29, 0.717) is 6.42 Å². The van der Waals surface area contributed by atoms with E-state index in [1.165, 1.54) is 0 Å². The first kappa shape index (κ1) is 11.2. The summed E-state index contributed by atoms with van der Waals surface area (Å²) in [6, 6.07) is 9.87. The van der Waals surface area contributed by atoms with Gasteiger partial charge in [0.2, 0.25) is 0 Å². The van der Waals surface area contributed by atoms with Gasteiger partial charge >= 0.3 is 0 Å². The van der Waals surface area contributed by atoms with Crippen molar-refractivity contribution in [2.75, 3.05) is 0 Å². The fraction of sp³-hybridized carbons (Fsp3) is 0.143. The second-order valence-electron chi connectivity index (χ2n) is 4.23. The maximum Gasteiger partial charge on any atom is 0.170 e. The number of ketones is 1. The first-order chi connectivity index (χ1) is 8.74. The zero-order valence-corrected chi connectivity index (χ0v) is 10.8. The van der Waals surface area contributed by atoms with Gasteiger partial charge in [0.25, 0.3) is 0 Å². The fourth-order valence-electron chi connectivity index (χ4n) is 2.01. The molecule has 2 aromatic heterocycles. The van der Waals surface area contributed by atoms with Crippen LogP contribution in [0.4, 0.5) is 0 Å². The van der Waals surface area contributed by atoms with Crippen molar-refractivity contribution in [1.29, 1.82) is 0 Å². The Labute approximate surface area is 109 Å². The monoisotopic (exact) mass is 256 g/mol. The molecule has 0 aliphatic rings. The minimum atomic E-state index is 0.131. The van der Waals surface area contributed by atoms with E-state index in [9.17, 15) is 4.79 Å². The highest BCUT2D eigenvalue weighted by molar-refractivity contribution is 7.17. The smallest absolute Gasteiger partial charge is 0.170 e. The number of hydrogen-bond acceptors (Lipinski definition) is 3. The van der Waals surface area contributed by atoms with Gasteiger partial charge in [0, 0.05) is 34.3 Å². The van der Waals surface area contributed by atoms with Crippen LogP contribution in [0.1, 0.15) is 16.1 Å². The molecule has 0 radical (unpaired) electrons. The van der Waals surface area contributed by atoms with Gasteiger partial charge in [-0.2, -0.15) is 5.10 Å². The van der Waals surface area contributed by atoms with Crippen molar-refractivity contribution < 1.29 is 4.79 Å². The van der Waals surface area contributed by atoms with Gasteiger partial charge in [0.1, 0.15) is 0 Å². The molecule has 3 nitrogen and oxygen atoms in total. The maximum atomic E-state index is 12.3. The number of aromatic nitrogens is 2. The molecular formula is C14H12N2OS. The highest BCUT2D eigenvalue weighted by atomic mass is 32.1. The summed E-state index contributed by atoms with van der Waals surface area (Å²) >= 11 is 1.61. The SMILES string of the molecule is Cn1ccc(CC(=O)c2csc3ccccc23)n1. The van der Waals surface area contributed by atoms with Crippen LogP contribution in [0.25, 0.3) is 10.1 Å². The van der Waals surface area contributed by atoms with E-state index in [-0.39, 0.29) is 5.78 Å². The van der Waals surface area contributed by atoms with Crippen molar-refractivity contribution >= 4 is 27.2 Å². The van der Waals surface area contributed by atoms with E-state index in [0.717, 1.165) is 21.3 Å². The number of fused-ring (bicyclic) bond motifs is 1. The van der Waals surface area contributed by atoms with Crippen LogP contribution in [0.5, 0.6) is 0 Å². The Hall–Kier alpha value is -1.94. The van der Waals surface area contributed by atoms with Crippen molar-refractivity contribution in [3.05, 3.63) is 53.2 Å². The van der Waals surface area contributed by atoms with E-state index in [2.05, 4.69) is 5.10 Å². The second-order valence-corrected chi connectivity index (χ2v) is 5.14. The second kappa shape index (κ2) is 4.38. The Bertz CT molecular complexity index is 711. The molecule has 90 valence electrons. The lowest BCUT2D eigenvalue weighted by Gasteiger charge is -1.97. The molecule has 1 aromatic carbocycles. The normalized spacial score (nSPS) is 10.9. The van der Waals surface area contributed by atoms with Crippen LogP contribution in [0, 0.1) is 0 Å². The molecule has 0 bridgehead atoms. The summed E-state index contributed by atoms with van der Waals surface area (Å²) in [7, 11) is 1.86. The van der Waals surface area contributed by atoms with Crippen LogP contribution in [-0.2, 0) is 13.5 Å². The highest BCUT2D eigenvalue weighted by Gasteiger charge is 2.13. The predicted molar refractivity (Wildman–Crippen MR) is 73.1 cm³/mol. The number of thiophene rings is 1. The number of hydrogen-bond donors (Lipinski definition) is 0. The molecule has 0 saturated carbocycles. The molecule has 0 spiro atoms. The third kappa shape index (κ3) is 1.95. The van der Waals surface area contributed by atoms with E-state index >= 15 is 0 Å². The van der Waals surface area contributed by atoms with Crippen molar-refractivity contribution in [2.45, 2.75) is 6.42 Å². The molecule has 0 N–H and O–H groups in total. The Balaban J connectivity index is 1.92. The zero-order valence-electron chi connectivity index (χ0n) is 9.96. The molecule has 2 heterocycles. The van der Waals surface area contributed by atoms with Gasteiger partial charge in [0.15, 0.2) is 5.78 Å². The van der Waals surface area contributed by atoms with Gasteiger partial charge in [-0.05, 0) is 12.1 Å². The van der Waals surface area contributed by atoms with Crippen molar-refractivity contribution in [3.63, 3.8) is 0 Å². The summed E-state index contributed by atoms with van der Waals surface area (Å²) < 4.78 is 2.87. The average Bonchev–Trinajstić information content (AvgIpc) is 2.95. The number of nitrogens with zero attached hydrogens (tertiary/aromatic N) is 2. The lowest BCUT2D eigenvalue weighted by atomic mass is 10.1. The number of Topliss-reactive ketones (excluding diaryl/α,β-unsaturated/α-hetero) is 1. The average molecular weight is 256 g/mol. The van der Waals surface area contributed by atoms with Gasteiger partial charge in [-0.1, -0.05) is 18.2 Å². The Morgan fingerprint density at radius 3 is 2.94 bits per heavy atom. The van der Waals surface area contributed by atoms with Crippen molar-refractivity contribution in [3.8, 4) is 0 Å². The van der Waals surface area contributed by atoms with Crippen LogP contribution in [-0.4, -0.2) is 15.6 Å². The highest BCUT2D eigenvalue weighted by Crippen LogP contribution is 2.26. The lowest BCUT2D eigenvalue weighted by molar-refractivity contribution is 0.0994.